The molecule has 4 aromatic rings. The smallest absolute Gasteiger partial charge is 0.223 e. The van der Waals surface area contributed by atoms with Crippen molar-refractivity contribution in [2.24, 2.45) is 5.92 Å². The number of furan rings is 1. The third kappa shape index (κ3) is 5.51. The molecule has 1 aliphatic rings. The molecule has 1 fully saturated rings. The molecule has 1 unspecified atom stereocenters. The van der Waals surface area contributed by atoms with Crippen molar-refractivity contribution in [3.05, 3.63) is 95.6 Å². The second-order valence-corrected chi connectivity index (χ2v) is 9.95. The number of aryl methyl sites for hydroxylation is 1. The zero-order chi connectivity index (χ0) is 24.2. The molecule has 2 aromatic heterocycles. The molecule has 0 saturated carbocycles. The molecule has 5 rings (SSSR count). The summed E-state index contributed by atoms with van der Waals surface area (Å²) < 4.78 is 7.88. The number of hydrogen-bond acceptors (Lipinski definition) is 3. The lowest BCUT2D eigenvalue weighted by Gasteiger charge is -2.32. The molecular weight excluding hydrogens is 434 g/mol. The molecular formula is C30H35N3O2. The summed E-state index contributed by atoms with van der Waals surface area (Å²) in [5.41, 5.74) is 5.30. The highest BCUT2D eigenvalue weighted by Gasteiger charge is 2.26. The van der Waals surface area contributed by atoms with Gasteiger partial charge in [-0.15, -0.1) is 0 Å². The largest absolute Gasteiger partial charge is 0.469 e. The first-order chi connectivity index (χ1) is 17.1. The maximum absolute atomic E-state index is 12.8. The molecule has 182 valence electrons. The van der Waals surface area contributed by atoms with Gasteiger partial charge in [0, 0.05) is 42.7 Å². The van der Waals surface area contributed by atoms with Gasteiger partial charge < -0.3 is 14.3 Å². The Morgan fingerprint density at radius 3 is 2.57 bits per heavy atom. The predicted octanol–water partition coefficient (Wildman–Crippen LogP) is 5.55. The molecule has 35 heavy (non-hydrogen) atoms. The molecule has 1 amide bonds. The van der Waals surface area contributed by atoms with Crippen molar-refractivity contribution < 1.29 is 9.21 Å². The number of aromatic nitrogens is 1. The van der Waals surface area contributed by atoms with Crippen molar-refractivity contribution in [1.29, 1.82) is 0 Å². The van der Waals surface area contributed by atoms with E-state index in [9.17, 15) is 4.79 Å². The van der Waals surface area contributed by atoms with Gasteiger partial charge in [0.1, 0.15) is 5.76 Å². The van der Waals surface area contributed by atoms with Gasteiger partial charge in [0.15, 0.2) is 0 Å². The number of amides is 1. The van der Waals surface area contributed by atoms with Crippen molar-refractivity contribution in [2.75, 3.05) is 13.1 Å². The van der Waals surface area contributed by atoms with Crippen molar-refractivity contribution >= 4 is 16.8 Å². The zero-order valence-electron chi connectivity index (χ0n) is 20.7. The summed E-state index contributed by atoms with van der Waals surface area (Å²) in [6.45, 7) is 7.90. The van der Waals surface area contributed by atoms with Gasteiger partial charge in [0.2, 0.25) is 5.91 Å². The molecule has 0 aliphatic carbocycles. The highest BCUT2D eigenvalue weighted by atomic mass is 16.3. The van der Waals surface area contributed by atoms with Crippen molar-refractivity contribution in [3.63, 3.8) is 0 Å². The van der Waals surface area contributed by atoms with Gasteiger partial charge in [-0.05, 0) is 80.6 Å². The highest BCUT2D eigenvalue weighted by Crippen LogP contribution is 2.25. The number of likely N-dealkylation sites (tertiary alicyclic amines) is 1. The minimum absolute atomic E-state index is 0.0730. The first kappa shape index (κ1) is 23.4. The molecule has 0 spiro atoms. The Labute approximate surface area is 207 Å². The Bertz CT molecular complexity index is 1270. The van der Waals surface area contributed by atoms with Crippen LogP contribution in [0.25, 0.3) is 10.9 Å². The van der Waals surface area contributed by atoms with E-state index in [1.54, 1.807) is 6.26 Å². The van der Waals surface area contributed by atoms with E-state index in [1.807, 2.05) is 19.1 Å². The lowest BCUT2D eigenvalue weighted by molar-refractivity contribution is -0.127. The monoisotopic (exact) mass is 469 g/mol. The lowest BCUT2D eigenvalue weighted by Crippen LogP contribution is -2.43. The molecule has 2 aromatic carbocycles. The number of nitrogens with one attached hydrogen (secondary N) is 1. The van der Waals surface area contributed by atoms with E-state index in [4.69, 9.17) is 4.42 Å². The summed E-state index contributed by atoms with van der Waals surface area (Å²) in [5.74, 6) is 1.18. The summed E-state index contributed by atoms with van der Waals surface area (Å²) in [6, 6.07) is 23.6. The summed E-state index contributed by atoms with van der Waals surface area (Å²) in [4.78, 5) is 15.3. The standard InChI is InChI=1S/C30H35N3O2/c1-22-8-3-4-10-26(22)20-33-27(19-25-9-5-6-12-29(25)33)21-32-15-13-24(14-16-32)30(34)31-23(2)18-28-11-7-17-35-28/h3-12,17,19,23-24H,13-16,18,20-21H2,1-2H3,(H,31,34). The normalized spacial score (nSPS) is 15.9. The topological polar surface area (TPSA) is 50.4 Å². The van der Waals surface area contributed by atoms with E-state index >= 15 is 0 Å². The quantitative estimate of drug-likeness (QED) is 0.368. The van der Waals surface area contributed by atoms with Crippen LogP contribution in [-0.2, 0) is 24.3 Å². The van der Waals surface area contributed by atoms with Gasteiger partial charge in [-0.3, -0.25) is 9.69 Å². The van der Waals surface area contributed by atoms with Gasteiger partial charge in [0.25, 0.3) is 0 Å². The van der Waals surface area contributed by atoms with Crippen LogP contribution >= 0.6 is 0 Å². The van der Waals surface area contributed by atoms with Crippen molar-refractivity contribution in [2.45, 2.75) is 52.2 Å². The Morgan fingerprint density at radius 2 is 1.80 bits per heavy atom. The molecule has 1 saturated heterocycles. The Morgan fingerprint density at radius 1 is 1.03 bits per heavy atom. The van der Waals surface area contributed by atoms with Crippen LogP contribution in [0, 0.1) is 12.8 Å². The third-order valence-electron chi connectivity index (χ3n) is 7.31. The first-order valence-electron chi connectivity index (χ1n) is 12.7. The summed E-state index contributed by atoms with van der Waals surface area (Å²) in [7, 11) is 0. The van der Waals surface area contributed by atoms with Crippen LogP contribution in [0.2, 0.25) is 0 Å². The second-order valence-electron chi connectivity index (χ2n) is 9.95. The number of para-hydroxylation sites is 1. The lowest BCUT2D eigenvalue weighted by atomic mass is 9.95. The van der Waals surface area contributed by atoms with Gasteiger partial charge in [-0.2, -0.15) is 0 Å². The zero-order valence-corrected chi connectivity index (χ0v) is 20.7. The highest BCUT2D eigenvalue weighted by molar-refractivity contribution is 5.81. The van der Waals surface area contributed by atoms with Gasteiger partial charge in [-0.25, -0.2) is 0 Å². The maximum Gasteiger partial charge on any atom is 0.223 e. The van der Waals surface area contributed by atoms with Crippen LogP contribution in [0.3, 0.4) is 0 Å². The van der Waals surface area contributed by atoms with E-state index in [1.165, 1.54) is 27.7 Å². The molecule has 3 heterocycles. The number of nitrogens with zero attached hydrogens (tertiary/aromatic N) is 2. The first-order valence-corrected chi connectivity index (χ1v) is 12.7. The minimum Gasteiger partial charge on any atom is -0.469 e. The van der Waals surface area contributed by atoms with Crippen LogP contribution in [0.15, 0.2) is 77.4 Å². The van der Waals surface area contributed by atoms with Crippen LogP contribution in [0.1, 0.15) is 42.3 Å². The predicted molar refractivity (Wildman–Crippen MR) is 140 cm³/mol. The second kappa shape index (κ2) is 10.5. The van der Waals surface area contributed by atoms with E-state index in [-0.39, 0.29) is 17.9 Å². The SMILES string of the molecule is Cc1ccccc1Cn1c(CN2CCC(C(=O)NC(C)Cc3ccco3)CC2)cc2ccccc21. The summed E-state index contributed by atoms with van der Waals surface area (Å²) in [6.07, 6.45) is 4.21. The van der Waals surface area contributed by atoms with Crippen LogP contribution in [-0.4, -0.2) is 34.5 Å². The Kier molecular flexibility index (Phi) is 7.05. The number of carbonyl (C=O) groups is 1. The average molecular weight is 470 g/mol. The number of piperidine rings is 1. The molecule has 1 atom stereocenters. The number of carbonyl (C=O) groups excluding carboxylic acids is 1. The number of fused-ring (bicyclic) bond motifs is 1. The van der Waals surface area contributed by atoms with Gasteiger partial charge in [0.05, 0.1) is 6.26 Å². The number of hydrogen-bond donors (Lipinski definition) is 1. The van der Waals surface area contributed by atoms with Crippen LogP contribution in [0.4, 0.5) is 0 Å². The molecule has 5 nitrogen and oxygen atoms in total. The van der Waals surface area contributed by atoms with Crippen molar-refractivity contribution in [3.8, 4) is 0 Å². The van der Waals surface area contributed by atoms with Crippen LogP contribution in [0.5, 0.6) is 0 Å². The molecule has 0 radical (unpaired) electrons. The average Bonchev–Trinajstić information content (AvgIpc) is 3.49. The summed E-state index contributed by atoms with van der Waals surface area (Å²) in [5, 5.41) is 4.48. The molecule has 0 bridgehead atoms. The van der Waals surface area contributed by atoms with Crippen molar-refractivity contribution in [1.82, 2.24) is 14.8 Å². The summed E-state index contributed by atoms with van der Waals surface area (Å²) >= 11 is 0. The maximum atomic E-state index is 12.8. The minimum atomic E-state index is 0.0730. The van der Waals surface area contributed by atoms with E-state index in [2.05, 4.69) is 76.3 Å². The van der Waals surface area contributed by atoms with Gasteiger partial charge >= 0.3 is 0 Å². The molecule has 1 N–H and O–H groups in total. The van der Waals surface area contributed by atoms with E-state index in [0.717, 1.165) is 51.2 Å². The Hall–Kier alpha value is -3.31. The fraction of sp³-hybridized carbons (Fsp3) is 0.367. The fourth-order valence-corrected chi connectivity index (χ4v) is 5.27. The Balaban J connectivity index is 1.22. The molecule has 1 aliphatic heterocycles. The number of rotatable bonds is 8. The third-order valence-corrected chi connectivity index (χ3v) is 7.31. The fourth-order valence-electron chi connectivity index (χ4n) is 5.27. The number of benzene rings is 2. The van der Waals surface area contributed by atoms with E-state index in [0.29, 0.717) is 0 Å². The molecule has 5 heteroatoms. The van der Waals surface area contributed by atoms with E-state index < -0.39 is 0 Å². The van der Waals surface area contributed by atoms with Gasteiger partial charge in [-0.1, -0.05) is 42.5 Å². The van der Waals surface area contributed by atoms with Crippen LogP contribution < -0.4 is 5.32 Å².